The summed E-state index contributed by atoms with van der Waals surface area (Å²) in [5.74, 6) is -2.87. The van der Waals surface area contributed by atoms with Crippen molar-refractivity contribution < 1.29 is 37.0 Å². The summed E-state index contributed by atoms with van der Waals surface area (Å²) in [6.07, 6.45) is -4.80. The first kappa shape index (κ1) is 25.2. The number of amides is 1. The second-order valence-electron chi connectivity index (χ2n) is 7.75. The van der Waals surface area contributed by atoms with E-state index in [-0.39, 0.29) is 29.8 Å². The molecule has 0 aliphatic carbocycles. The van der Waals surface area contributed by atoms with E-state index in [1.165, 1.54) is 32.9 Å². The molecule has 0 fully saturated rings. The van der Waals surface area contributed by atoms with Gasteiger partial charge in [0.15, 0.2) is 18.2 Å². The highest BCUT2D eigenvalue weighted by Gasteiger charge is 2.29. The highest BCUT2D eigenvalue weighted by Crippen LogP contribution is 2.22. The average molecular weight is 457 g/mol. The van der Waals surface area contributed by atoms with Crippen molar-refractivity contribution in [2.75, 3.05) is 6.61 Å². The van der Waals surface area contributed by atoms with E-state index in [1.807, 2.05) is 0 Å². The van der Waals surface area contributed by atoms with Gasteiger partial charge in [-0.15, -0.1) is 0 Å². The van der Waals surface area contributed by atoms with Crippen molar-refractivity contribution in [2.45, 2.75) is 52.4 Å². The Kier molecular flexibility index (Phi) is 7.55. The lowest BCUT2D eigenvalue weighted by Gasteiger charge is -2.15. The lowest BCUT2D eigenvalue weighted by molar-refractivity contribution is -0.154. The highest BCUT2D eigenvalue weighted by atomic mass is 19.4. The number of hydrogen-bond donors (Lipinski definition) is 2. The molecule has 2 aromatic rings. The number of aromatic nitrogens is 2. The van der Waals surface area contributed by atoms with Gasteiger partial charge in [0.05, 0.1) is 6.42 Å². The molecule has 1 amide bonds. The summed E-state index contributed by atoms with van der Waals surface area (Å²) in [7, 11) is 0. The van der Waals surface area contributed by atoms with E-state index in [0.29, 0.717) is 11.4 Å². The van der Waals surface area contributed by atoms with Crippen LogP contribution in [0.25, 0.3) is 0 Å². The maximum atomic E-state index is 14.0. The lowest BCUT2D eigenvalue weighted by atomic mass is 9.98. The third kappa shape index (κ3) is 7.26. The van der Waals surface area contributed by atoms with Crippen molar-refractivity contribution in [2.24, 2.45) is 0 Å². The molecule has 2 N–H and O–H groups in total. The number of Topliss-reactive ketones (excluding diaryl/α,β-unsaturated/α-hetero) is 1. The van der Waals surface area contributed by atoms with Gasteiger partial charge >= 0.3 is 6.18 Å². The molecule has 32 heavy (non-hydrogen) atoms. The number of carbonyl (C=O) groups excluding carboxylic acids is 2. The van der Waals surface area contributed by atoms with E-state index < -0.39 is 41.8 Å². The maximum absolute atomic E-state index is 14.0. The number of halogens is 4. The minimum atomic E-state index is -4.63. The van der Waals surface area contributed by atoms with E-state index in [2.05, 4.69) is 20.0 Å². The zero-order valence-electron chi connectivity index (χ0n) is 17.9. The van der Waals surface area contributed by atoms with Gasteiger partial charge in [-0.1, -0.05) is 0 Å². The zero-order valence-corrected chi connectivity index (χ0v) is 17.9. The summed E-state index contributed by atoms with van der Waals surface area (Å²) >= 11 is 0. The first-order valence-corrected chi connectivity index (χ1v) is 9.52. The molecular formula is C21H23F4N3O4. The van der Waals surface area contributed by atoms with Crippen LogP contribution in [0.5, 0.6) is 5.88 Å². The molecule has 0 atom stereocenters. The summed E-state index contributed by atoms with van der Waals surface area (Å²) in [5, 5.41) is 12.4. The fourth-order valence-corrected chi connectivity index (χ4v) is 2.64. The van der Waals surface area contributed by atoms with Crippen molar-refractivity contribution in [1.29, 1.82) is 0 Å². The monoisotopic (exact) mass is 457 g/mol. The molecule has 0 aromatic carbocycles. The Morgan fingerprint density at radius 3 is 2.38 bits per heavy atom. The van der Waals surface area contributed by atoms with Crippen LogP contribution in [-0.2, 0) is 17.8 Å². The van der Waals surface area contributed by atoms with Gasteiger partial charge in [0, 0.05) is 29.2 Å². The van der Waals surface area contributed by atoms with E-state index in [1.54, 1.807) is 6.92 Å². The Balaban J connectivity index is 2.11. The van der Waals surface area contributed by atoms with Crippen molar-refractivity contribution in [3.63, 3.8) is 0 Å². The number of carbonyl (C=O) groups is 2. The molecule has 2 aromatic heterocycles. The molecule has 0 saturated heterocycles. The van der Waals surface area contributed by atoms with Crippen molar-refractivity contribution in [1.82, 2.24) is 15.3 Å². The van der Waals surface area contributed by atoms with Crippen LogP contribution in [-0.4, -0.2) is 45.1 Å². The van der Waals surface area contributed by atoms with Crippen LogP contribution in [0.4, 0.5) is 17.6 Å². The highest BCUT2D eigenvalue weighted by molar-refractivity contribution is 5.95. The number of alkyl halides is 3. The molecule has 2 rings (SSSR count). The van der Waals surface area contributed by atoms with Crippen LogP contribution >= 0.6 is 0 Å². The van der Waals surface area contributed by atoms with Gasteiger partial charge in [-0.25, -0.2) is 9.37 Å². The molecular weight excluding hydrogens is 434 g/mol. The second kappa shape index (κ2) is 9.60. The maximum Gasteiger partial charge on any atom is 0.422 e. The fourth-order valence-electron chi connectivity index (χ4n) is 2.64. The Morgan fingerprint density at radius 1 is 1.12 bits per heavy atom. The molecule has 7 nitrogen and oxygen atoms in total. The van der Waals surface area contributed by atoms with E-state index >= 15 is 0 Å². The van der Waals surface area contributed by atoms with Crippen LogP contribution in [0.15, 0.2) is 18.2 Å². The fraction of sp³-hybridized carbons (Fsp3) is 0.429. The standard InChI is InChI=1S/C21H23F4N3O4/c1-11-5-13(6-15(27-11)8-17(29)20(3,4)31)18(30)26-9-14-7-16(22)19(28-12(14)2)32-10-21(23,24)25/h5-7,31H,8-10H2,1-4H3,(H,26,30). The quantitative estimate of drug-likeness (QED) is 0.591. The summed E-state index contributed by atoms with van der Waals surface area (Å²) < 4.78 is 55.2. The van der Waals surface area contributed by atoms with Crippen molar-refractivity contribution in [3.05, 3.63) is 52.2 Å². The van der Waals surface area contributed by atoms with E-state index in [0.717, 1.165) is 6.07 Å². The predicted molar refractivity (Wildman–Crippen MR) is 106 cm³/mol. The zero-order chi connectivity index (χ0) is 24.3. The lowest BCUT2D eigenvalue weighted by Crippen LogP contribution is -2.33. The van der Waals surface area contributed by atoms with Crippen molar-refractivity contribution in [3.8, 4) is 5.88 Å². The first-order valence-electron chi connectivity index (χ1n) is 9.52. The third-order valence-corrected chi connectivity index (χ3v) is 4.34. The van der Waals surface area contributed by atoms with Gasteiger partial charge in [-0.2, -0.15) is 13.2 Å². The van der Waals surface area contributed by atoms with Crippen LogP contribution in [0, 0.1) is 19.7 Å². The first-order chi connectivity index (χ1) is 14.7. The van der Waals surface area contributed by atoms with Crippen LogP contribution in [0.1, 0.15) is 46.9 Å². The van der Waals surface area contributed by atoms with Gasteiger partial charge in [0.25, 0.3) is 11.8 Å². The topological polar surface area (TPSA) is 101 Å². The van der Waals surface area contributed by atoms with Gasteiger partial charge in [0.2, 0.25) is 0 Å². The molecule has 174 valence electrons. The number of pyridine rings is 2. The minimum Gasteiger partial charge on any atom is -0.466 e. The number of hydrogen-bond acceptors (Lipinski definition) is 6. The third-order valence-electron chi connectivity index (χ3n) is 4.34. The molecule has 0 unspecified atom stereocenters. The SMILES string of the molecule is Cc1cc(C(=O)NCc2cc(F)c(OCC(F)(F)F)nc2C)cc(CC(=O)C(C)(C)O)n1. The second-order valence-corrected chi connectivity index (χ2v) is 7.75. The summed E-state index contributed by atoms with van der Waals surface area (Å²) in [4.78, 5) is 32.5. The molecule has 0 bridgehead atoms. The number of aliphatic hydroxyl groups is 1. The normalized spacial score (nSPS) is 11.9. The smallest absolute Gasteiger partial charge is 0.422 e. The number of nitrogens with one attached hydrogen (secondary N) is 1. The molecule has 0 spiro atoms. The molecule has 0 radical (unpaired) electrons. The molecule has 0 aliphatic rings. The van der Waals surface area contributed by atoms with Gasteiger partial charge in [0.1, 0.15) is 5.60 Å². The number of aryl methyl sites for hydroxylation is 2. The summed E-state index contributed by atoms with van der Waals surface area (Å²) in [5.41, 5.74) is -0.126. The largest absolute Gasteiger partial charge is 0.466 e. The van der Waals surface area contributed by atoms with Crippen molar-refractivity contribution >= 4 is 11.7 Å². The van der Waals surface area contributed by atoms with Gasteiger partial charge in [-0.3, -0.25) is 14.6 Å². The Bertz CT molecular complexity index is 1020. The summed E-state index contributed by atoms with van der Waals surface area (Å²) in [6.45, 7) is 3.97. The van der Waals surface area contributed by atoms with Crippen LogP contribution < -0.4 is 10.1 Å². The van der Waals surface area contributed by atoms with E-state index in [9.17, 15) is 32.3 Å². The van der Waals surface area contributed by atoms with Crippen LogP contribution in [0.2, 0.25) is 0 Å². The molecule has 11 heteroatoms. The Hall–Kier alpha value is -3.08. The predicted octanol–water partition coefficient (Wildman–Crippen LogP) is 2.99. The Labute approximate surface area is 181 Å². The number of nitrogens with zero attached hydrogens (tertiary/aromatic N) is 2. The van der Waals surface area contributed by atoms with Crippen LogP contribution in [0.3, 0.4) is 0 Å². The number of rotatable bonds is 8. The Morgan fingerprint density at radius 2 is 1.78 bits per heavy atom. The van der Waals surface area contributed by atoms with E-state index in [4.69, 9.17) is 0 Å². The summed E-state index contributed by atoms with van der Waals surface area (Å²) in [6, 6.07) is 3.85. The molecule has 0 aliphatic heterocycles. The molecule has 0 saturated carbocycles. The molecule has 2 heterocycles. The van der Waals surface area contributed by atoms with Gasteiger partial charge < -0.3 is 15.2 Å². The number of ketones is 1. The minimum absolute atomic E-state index is 0.145. The van der Waals surface area contributed by atoms with Gasteiger partial charge in [-0.05, 0) is 51.5 Å². The average Bonchev–Trinajstić information content (AvgIpc) is 2.65. The number of ether oxygens (including phenoxy) is 1.